The Labute approximate surface area is 47.8 Å². The van der Waals surface area contributed by atoms with Gasteiger partial charge in [-0.2, -0.15) is 0 Å². The zero-order valence-corrected chi connectivity index (χ0v) is 4.76. The second-order valence-corrected chi connectivity index (χ2v) is 1.24. The van der Waals surface area contributed by atoms with Crippen molar-refractivity contribution in [3.05, 3.63) is 12.3 Å². The van der Waals surface area contributed by atoms with Crippen LogP contribution in [0.4, 0.5) is 4.53 Å². The Morgan fingerprint density at radius 3 is 2.88 bits per heavy atom. The van der Waals surface area contributed by atoms with Crippen molar-refractivity contribution in [1.29, 1.82) is 0 Å². The van der Waals surface area contributed by atoms with E-state index in [0.717, 1.165) is 6.26 Å². The van der Waals surface area contributed by atoms with Gasteiger partial charge in [-0.3, -0.25) is 0 Å². The standard InChI is InChI=1S/C5H9FO2/c1-7-4-2-3-5-8-6/h3,5H,2,4H2,1H3. The molecule has 2 nitrogen and oxygen atoms in total. The maximum absolute atomic E-state index is 10.8. The van der Waals surface area contributed by atoms with E-state index in [-0.39, 0.29) is 0 Å². The van der Waals surface area contributed by atoms with Crippen LogP contribution in [0.1, 0.15) is 6.42 Å². The van der Waals surface area contributed by atoms with Crippen LogP contribution in [-0.4, -0.2) is 13.7 Å². The molecule has 8 heavy (non-hydrogen) atoms. The summed E-state index contributed by atoms with van der Waals surface area (Å²) in [5.41, 5.74) is 0. The lowest BCUT2D eigenvalue weighted by molar-refractivity contribution is -0.0622. The highest BCUT2D eigenvalue weighted by Gasteiger charge is 1.75. The minimum Gasteiger partial charge on any atom is -0.384 e. The molecule has 0 saturated carbocycles. The molecular formula is C5H9FO2. The highest BCUT2D eigenvalue weighted by Crippen LogP contribution is 1.83. The summed E-state index contributed by atoms with van der Waals surface area (Å²) in [4.78, 5) is 3.15. The normalized spacial score (nSPS) is 10.2. The molecule has 0 aromatic rings. The second kappa shape index (κ2) is 6.43. The molecule has 0 saturated heterocycles. The molecule has 0 spiro atoms. The summed E-state index contributed by atoms with van der Waals surface area (Å²) in [6, 6.07) is 0. The van der Waals surface area contributed by atoms with Crippen LogP contribution in [0, 0.1) is 0 Å². The van der Waals surface area contributed by atoms with E-state index in [1.54, 1.807) is 13.2 Å². The van der Waals surface area contributed by atoms with Crippen molar-refractivity contribution in [2.24, 2.45) is 0 Å². The Morgan fingerprint density at radius 1 is 1.62 bits per heavy atom. The third-order valence-corrected chi connectivity index (χ3v) is 0.636. The van der Waals surface area contributed by atoms with Crippen molar-refractivity contribution in [2.75, 3.05) is 13.7 Å². The maximum Gasteiger partial charge on any atom is 0.132 e. The SMILES string of the molecule is COCCC=COF. The van der Waals surface area contributed by atoms with Crippen molar-refractivity contribution < 1.29 is 14.2 Å². The second-order valence-electron chi connectivity index (χ2n) is 1.24. The number of methoxy groups -OCH3 is 1. The lowest BCUT2D eigenvalue weighted by atomic mass is 10.4. The molecule has 0 rings (SSSR count). The molecule has 48 valence electrons. The lowest BCUT2D eigenvalue weighted by Crippen LogP contribution is -1.83. The summed E-state index contributed by atoms with van der Waals surface area (Å²) in [6.07, 6.45) is 3.21. The zero-order chi connectivity index (χ0) is 6.24. The molecule has 0 unspecified atom stereocenters. The molecule has 0 bridgehead atoms. The fourth-order valence-corrected chi connectivity index (χ4v) is 0.290. The maximum atomic E-state index is 10.8. The summed E-state index contributed by atoms with van der Waals surface area (Å²) in [6.45, 7) is 0.597. The van der Waals surface area contributed by atoms with Gasteiger partial charge in [0.15, 0.2) is 0 Å². The molecule has 0 aromatic carbocycles. The first-order chi connectivity index (χ1) is 3.91. The van der Waals surface area contributed by atoms with Gasteiger partial charge in [-0.25, -0.2) is 0 Å². The van der Waals surface area contributed by atoms with Gasteiger partial charge in [0.25, 0.3) is 0 Å². The van der Waals surface area contributed by atoms with Gasteiger partial charge in [0.2, 0.25) is 0 Å². The van der Waals surface area contributed by atoms with Crippen molar-refractivity contribution in [3.63, 3.8) is 0 Å². The number of rotatable bonds is 4. The Balaban J connectivity index is 2.80. The van der Waals surface area contributed by atoms with E-state index in [1.807, 2.05) is 0 Å². The third-order valence-electron chi connectivity index (χ3n) is 0.636. The van der Waals surface area contributed by atoms with Crippen molar-refractivity contribution in [1.82, 2.24) is 0 Å². The van der Waals surface area contributed by atoms with Gasteiger partial charge in [0.05, 0.1) is 0 Å². The van der Waals surface area contributed by atoms with Crippen molar-refractivity contribution in [3.8, 4) is 0 Å². The van der Waals surface area contributed by atoms with Crippen LogP contribution in [0.3, 0.4) is 0 Å². The summed E-state index contributed by atoms with van der Waals surface area (Å²) < 4.78 is 15.5. The van der Waals surface area contributed by atoms with Crippen LogP contribution in [0.2, 0.25) is 0 Å². The third kappa shape index (κ3) is 5.43. The lowest BCUT2D eigenvalue weighted by Gasteiger charge is -1.87. The van der Waals surface area contributed by atoms with Gasteiger partial charge in [0.1, 0.15) is 6.26 Å². The van der Waals surface area contributed by atoms with E-state index < -0.39 is 0 Å². The van der Waals surface area contributed by atoms with Crippen LogP contribution in [-0.2, 0) is 9.68 Å². The van der Waals surface area contributed by atoms with Crippen LogP contribution in [0.15, 0.2) is 12.3 Å². The van der Waals surface area contributed by atoms with Crippen molar-refractivity contribution in [2.45, 2.75) is 6.42 Å². The quantitative estimate of drug-likeness (QED) is 0.413. The van der Waals surface area contributed by atoms with E-state index in [9.17, 15) is 4.53 Å². The van der Waals surface area contributed by atoms with E-state index in [2.05, 4.69) is 9.68 Å². The molecule has 0 aromatic heterocycles. The minimum atomic E-state index is 0.597. The van der Waals surface area contributed by atoms with Gasteiger partial charge < -0.3 is 9.68 Å². The predicted octanol–water partition coefficient (Wildman–Crippen LogP) is 1.44. The van der Waals surface area contributed by atoms with Crippen LogP contribution >= 0.6 is 0 Å². The first kappa shape index (κ1) is 7.43. The molecule has 0 aliphatic carbocycles. The summed E-state index contributed by atoms with van der Waals surface area (Å²) in [7, 11) is 1.59. The van der Waals surface area contributed by atoms with E-state index >= 15 is 0 Å². The number of ether oxygens (including phenoxy) is 1. The zero-order valence-electron chi connectivity index (χ0n) is 4.76. The summed E-state index contributed by atoms with van der Waals surface area (Å²) >= 11 is 0. The first-order valence-corrected chi connectivity index (χ1v) is 2.33. The smallest absolute Gasteiger partial charge is 0.132 e. The molecule has 0 aliphatic heterocycles. The Hall–Kier alpha value is -0.570. The van der Waals surface area contributed by atoms with Gasteiger partial charge in [-0.15, -0.1) is 0 Å². The van der Waals surface area contributed by atoms with E-state index in [4.69, 9.17) is 0 Å². The Kier molecular flexibility index (Phi) is 5.97. The van der Waals surface area contributed by atoms with Crippen molar-refractivity contribution >= 4 is 0 Å². The highest BCUT2D eigenvalue weighted by atomic mass is 19.3. The Morgan fingerprint density at radius 2 is 2.38 bits per heavy atom. The van der Waals surface area contributed by atoms with Gasteiger partial charge in [-0.05, 0) is 12.5 Å². The average molecular weight is 120 g/mol. The average Bonchev–Trinajstić information content (AvgIpc) is 1.81. The highest BCUT2D eigenvalue weighted by molar-refractivity contribution is 4.71. The molecule has 0 N–H and O–H groups in total. The monoisotopic (exact) mass is 120 g/mol. The molecule has 0 radical (unpaired) electrons. The summed E-state index contributed by atoms with van der Waals surface area (Å²) in [5, 5.41) is 0. The molecular weight excluding hydrogens is 111 g/mol. The van der Waals surface area contributed by atoms with Crippen LogP contribution in [0.5, 0.6) is 0 Å². The number of hydrogen-bond donors (Lipinski definition) is 0. The number of hydrogen-bond acceptors (Lipinski definition) is 2. The van der Waals surface area contributed by atoms with Crippen LogP contribution < -0.4 is 0 Å². The van der Waals surface area contributed by atoms with Gasteiger partial charge in [-0.1, -0.05) is 0 Å². The van der Waals surface area contributed by atoms with E-state index in [0.29, 0.717) is 13.0 Å². The molecule has 0 fully saturated rings. The topological polar surface area (TPSA) is 18.5 Å². The van der Waals surface area contributed by atoms with Crippen LogP contribution in [0.25, 0.3) is 0 Å². The predicted molar refractivity (Wildman–Crippen MR) is 27.8 cm³/mol. The molecule has 0 aliphatic rings. The largest absolute Gasteiger partial charge is 0.384 e. The molecule has 0 heterocycles. The fourth-order valence-electron chi connectivity index (χ4n) is 0.290. The van der Waals surface area contributed by atoms with E-state index in [1.165, 1.54) is 0 Å². The number of halogens is 1. The molecule has 3 heteroatoms. The minimum absolute atomic E-state index is 0.597. The Bertz CT molecular complexity index is 63.4. The molecule has 0 amide bonds. The van der Waals surface area contributed by atoms with Gasteiger partial charge in [0, 0.05) is 18.2 Å². The first-order valence-electron chi connectivity index (χ1n) is 2.33. The summed E-state index contributed by atoms with van der Waals surface area (Å²) in [5.74, 6) is 0. The molecule has 0 atom stereocenters. The fraction of sp³-hybridized carbons (Fsp3) is 0.600. The van der Waals surface area contributed by atoms with Gasteiger partial charge >= 0.3 is 0 Å².